The zero-order valence-corrected chi connectivity index (χ0v) is 13.8. The molecule has 0 radical (unpaired) electrons. The van der Waals surface area contributed by atoms with Crippen LogP contribution in [0.25, 0.3) is 0 Å². The zero-order chi connectivity index (χ0) is 16.8. The minimum absolute atomic E-state index is 0.323. The summed E-state index contributed by atoms with van der Waals surface area (Å²) in [6, 6.07) is 11.0. The minimum atomic E-state index is -0.848. The summed E-state index contributed by atoms with van der Waals surface area (Å²) >= 11 is 12.6. The van der Waals surface area contributed by atoms with Gasteiger partial charge in [0, 0.05) is 26.3 Å². The summed E-state index contributed by atoms with van der Waals surface area (Å²) in [5, 5.41) is 16.1. The highest BCUT2D eigenvalue weighted by Gasteiger charge is 2.14. The van der Waals surface area contributed by atoms with Crippen molar-refractivity contribution in [2.24, 2.45) is 0 Å². The highest BCUT2D eigenvalue weighted by molar-refractivity contribution is 8.03. The van der Waals surface area contributed by atoms with Gasteiger partial charge in [-0.05, 0) is 54.2 Å². The molecule has 8 heteroatoms. The van der Waals surface area contributed by atoms with Crippen molar-refractivity contribution >= 4 is 58.2 Å². The van der Waals surface area contributed by atoms with E-state index in [2.05, 4.69) is 10.6 Å². The fraction of sp³-hybridized carbons (Fsp3) is 0. The smallest absolute Gasteiger partial charge is 0.314 e. The number of benzene rings is 2. The molecule has 0 atom stereocenters. The maximum Gasteiger partial charge on any atom is 0.314 e. The van der Waals surface area contributed by atoms with Gasteiger partial charge in [0.2, 0.25) is 0 Å². The molecule has 0 aromatic heterocycles. The molecular formula is C15H9Cl2N3O2S. The molecule has 0 saturated heterocycles. The SMILES string of the molecule is N#CSc1ccc(NC(=O)C(=O)Nc2cc(Cl)cc(Cl)c2)cc1. The van der Waals surface area contributed by atoms with Gasteiger partial charge in [-0.1, -0.05) is 23.2 Å². The number of thiocyanates is 1. The Balaban J connectivity index is 1.99. The number of thioether (sulfide) groups is 1. The molecule has 0 spiro atoms. The first-order chi connectivity index (χ1) is 11.0. The van der Waals surface area contributed by atoms with Gasteiger partial charge in [0.05, 0.1) is 0 Å². The molecule has 0 aliphatic rings. The fourth-order valence-corrected chi connectivity index (χ4v) is 2.56. The van der Waals surface area contributed by atoms with Gasteiger partial charge in [-0.25, -0.2) is 0 Å². The lowest BCUT2D eigenvalue weighted by atomic mass is 10.3. The number of anilines is 2. The highest BCUT2D eigenvalue weighted by atomic mass is 35.5. The summed E-state index contributed by atoms with van der Waals surface area (Å²) in [6.07, 6.45) is 0. The van der Waals surface area contributed by atoms with Crippen LogP contribution in [0.3, 0.4) is 0 Å². The molecule has 0 aliphatic heterocycles. The molecule has 2 aromatic carbocycles. The van der Waals surface area contributed by atoms with E-state index in [1.54, 1.807) is 24.3 Å². The van der Waals surface area contributed by atoms with E-state index >= 15 is 0 Å². The third-order valence-electron chi connectivity index (χ3n) is 2.60. The van der Waals surface area contributed by atoms with Crippen molar-refractivity contribution in [1.82, 2.24) is 0 Å². The lowest BCUT2D eigenvalue weighted by molar-refractivity contribution is -0.132. The zero-order valence-electron chi connectivity index (χ0n) is 11.5. The maximum atomic E-state index is 11.9. The Hall–Kier alpha value is -2.20. The molecule has 23 heavy (non-hydrogen) atoms. The van der Waals surface area contributed by atoms with Gasteiger partial charge in [-0.2, -0.15) is 5.26 Å². The molecule has 0 heterocycles. The highest BCUT2D eigenvalue weighted by Crippen LogP contribution is 2.22. The summed E-state index contributed by atoms with van der Waals surface area (Å²) in [5.41, 5.74) is 0.764. The molecule has 116 valence electrons. The molecule has 2 rings (SSSR count). The monoisotopic (exact) mass is 365 g/mol. The Bertz CT molecular complexity index is 768. The summed E-state index contributed by atoms with van der Waals surface area (Å²) < 4.78 is 0. The van der Waals surface area contributed by atoms with Crippen LogP contribution in [-0.4, -0.2) is 11.8 Å². The second-order valence-corrected chi connectivity index (χ2v) is 6.02. The van der Waals surface area contributed by atoms with E-state index in [0.29, 0.717) is 21.4 Å². The number of carbonyl (C=O) groups excluding carboxylic acids is 2. The summed E-state index contributed by atoms with van der Waals surface area (Å²) in [4.78, 5) is 24.4. The van der Waals surface area contributed by atoms with Gasteiger partial charge < -0.3 is 10.6 Å². The van der Waals surface area contributed by atoms with Crippen LogP contribution >= 0.6 is 35.0 Å². The molecular weight excluding hydrogens is 357 g/mol. The van der Waals surface area contributed by atoms with Crippen molar-refractivity contribution in [2.75, 3.05) is 10.6 Å². The Morgan fingerprint density at radius 1 is 0.913 bits per heavy atom. The van der Waals surface area contributed by atoms with Crippen LogP contribution in [0.5, 0.6) is 0 Å². The second kappa shape index (κ2) is 7.88. The van der Waals surface area contributed by atoms with E-state index in [4.69, 9.17) is 28.5 Å². The van der Waals surface area contributed by atoms with Crippen LogP contribution in [0, 0.1) is 10.7 Å². The molecule has 0 bridgehead atoms. The predicted octanol–water partition coefficient (Wildman–Crippen LogP) is 4.14. The third-order valence-corrected chi connectivity index (χ3v) is 3.64. The van der Waals surface area contributed by atoms with E-state index in [0.717, 1.165) is 16.7 Å². The number of halogens is 2. The van der Waals surface area contributed by atoms with Gasteiger partial charge in [-0.15, -0.1) is 0 Å². The van der Waals surface area contributed by atoms with Crippen molar-refractivity contribution in [3.8, 4) is 5.40 Å². The first kappa shape index (κ1) is 17.2. The molecule has 0 aliphatic carbocycles. The van der Waals surface area contributed by atoms with Crippen LogP contribution in [0.4, 0.5) is 11.4 Å². The summed E-state index contributed by atoms with van der Waals surface area (Å²) in [6.45, 7) is 0. The molecule has 2 amide bonds. The van der Waals surface area contributed by atoms with Crippen LogP contribution in [0.15, 0.2) is 47.4 Å². The van der Waals surface area contributed by atoms with Crippen molar-refractivity contribution < 1.29 is 9.59 Å². The maximum absolute atomic E-state index is 11.9. The van der Waals surface area contributed by atoms with E-state index in [1.165, 1.54) is 18.2 Å². The Morgan fingerprint density at radius 3 is 1.96 bits per heavy atom. The third kappa shape index (κ3) is 5.18. The number of nitriles is 1. The number of nitrogens with one attached hydrogen (secondary N) is 2. The number of amides is 2. The topological polar surface area (TPSA) is 82.0 Å². The summed E-state index contributed by atoms with van der Waals surface area (Å²) in [5.74, 6) is -1.68. The average molecular weight is 366 g/mol. The van der Waals surface area contributed by atoms with Crippen LogP contribution < -0.4 is 10.6 Å². The Morgan fingerprint density at radius 2 is 1.43 bits per heavy atom. The lowest BCUT2D eigenvalue weighted by Gasteiger charge is -2.07. The van der Waals surface area contributed by atoms with E-state index in [1.807, 2.05) is 5.40 Å². The minimum Gasteiger partial charge on any atom is -0.318 e. The Kier molecular flexibility index (Phi) is 5.88. The molecule has 2 aromatic rings. The first-order valence-electron chi connectivity index (χ1n) is 6.22. The lowest BCUT2D eigenvalue weighted by Crippen LogP contribution is -2.29. The first-order valence-corrected chi connectivity index (χ1v) is 7.79. The fourth-order valence-electron chi connectivity index (χ4n) is 1.66. The van der Waals surface area contributed by atoms with Gasteiger partial charge in [0.15, 0.2) is 0 Å². The molecule has 0 fully saturated rings. The quantitative estimate of drug-likeness (QED) is 0.486. The molecule has 0 saturated carbocycles. The summed E-state index contributed by atoms with van der Waals surface area (Å²) in [7, 11) is 0. The number of nitrogens with zero attached hydrogens (tertiary/aromatic N) is 1. The van der Waals surface area contributed by atoms with Gasteiger partial charge >= 0.3 is 11.8 Å². The average Bonchev–Trinajstić information content (AvgIpc) is 2.48. The normalized spacial score (nSPS) is 9.78. The molecule has 0 unspecified atom stereocenters. The number of hydrogen-bond acceptors (Lipinski definition) is 4. The predicted molar refractivity (Wildman–Crippen MR) is 91.6 cm³/mol. The standard InChI is InChI=1S/C15H9Cl2N3O2S/c16-9-5-10(17)7-12(6-9)20-15(22)14(21)19-11-1-3-13(4-2-11)23-8-18/h1-7H,(H,19,21)(H,20,22). The number of rotatable bonds is 3. The largest absolute Gasteiger partial charge is 0.318 e. The molecule has 5 nitrogen and oxygen atoms in total. The number of hydrogen-bond donors (Lipinski definition) is 2. The molecule has 2 N–H and O–H groups in total. The number of carbonyl (C=O) groups is 2. The van der Waals surface area contributed by atoms with Crippen molar-refractivity contribution in [2.45, 2.75) is 4.90 Å². The van der Waals surface area contributed by atoms with Crippen LogP contribution in [-0.2, 0) is 9.59 Å². The second-order valence-electron chi connectivity index (χ2n) is 4.28. The van der Waals surface area contributed by atoms with Gasteiger partial charge in [-0.3, -0.25) is 9.59 Å². The van der Waals surface area contributed by atoms with Crippen molar-refractivity contribution in [1.29, 1.82) is 5.26 Å². The van der Waals surface area contributed by atoms with E-state index < -0.39 is 11.8 Å². The van der Waals surface area contributed by atoms with Gasteiger partial charge in [0.1, 0.15) is 5.40 Å². The van der Waals surface area contributed by atoms with E-state index in [-0.39, 0.29) is 0 Å². The van der Waals surface area contributed by atoms with Crippen molar-refractivity contribution in [3.63, 3.8) is 0 Å². The van der Waals surface area contributed by atoms with Gasteiger partial charge in [0.25, 0.3) is 0 Å². The van der Waals surface area contributed by atoms with E-state index in [9.17, 15) is 9.59 Å². The Labute approximate surface area is 146 Å². The van der Waals surface area contributed by atoms with Crippen molar-refractivity contribution in [3.05, 3.63) is 52.5 Å². The van der Waals surface area contributed by atoms with Crippen LogP contribution in [0.2, 0.25) is 10.0 Å². The van der Waals surface area contributed by atoms with Crippen LogP contribution in [0.1, 0.15) is 0 Å².